The van der Waals surface area contributed by atoms with Gasteiger partial charge in [-0.3, -0.25) is 15.0 Å². The van der Waals surface area contributed by atoms with E-state index in [1.807, 2.05) is 29.6 Å². The molecule has 0 aliphatic heterocycles. The molecule has 17 heavy (non-hydrogen) atoms. The highest BCUT2D eigenvalue weighted by Gasteiger charge is 1.60. The van der Waals surface area contributed by atoms with Crippen LogP contribution >= 0.6 is 11.5 Å². The first kappa shape index (κ1) is 12.9. The Morgan fingerprint density at radius 1 is 0.529 bits per heavy atom. The van der Waals surface area contributed by atoms with Gasteiger partial charge in [-0.2, -0.15) is 0 Å². The maximum absolute atomic E-state index is 3.78. The number of nitrogens with zero attached hydrogens (tertiary/aromatic N) is 4. The number of rotatable bonds is 0. The molecule has 0 saturated heterocycles. The first-order valence-corrected chi connectivity index (χ1v) is 5.73. The molecule has 0 aliphatic carbocycles. The molecule has 0 fully saturated rings. The summed E-state index contributed by atoms with van der Waals surface area (Å²) in [6, 6.07) is 7.62. The molecule has 0 bridgehead atoms. The van der Waals surface area contributed by atoms with E-state index in [1.54, 1.807) is 43.4 Å². The lowest BCUT2D eigenvalue weighted by Gasteiger charge is -1.70. The molecule has 0 unspecified atom stereocenters. The molecule has 0 atom stereocenters. The molecular weight excluding hydrogens is 232 g/mol. The van der Waals surface area contributed by atoms with Gasteiger partial charge in [-0.25, -0.2) is 4.37 Å². The summed E-state index contributed by atoms with van der Waals surface area (Å²) < 4.78 is 3.76. The van der Waals surface area contributed by atoms with Crippen molar-refractivity contribution in [1.82, 2.24) is 19.3 Å². The Labute approximate surface area is 104 Å². The lowest BCUT2D eigenvalue weighted by Crippen LogP contribution is -1.66. The number of hydrogen-bond acceptors (Lipinski definition) is 5. The summed E-state index contributed by atoms with van der Waals surface area (Å²) in [5.74, 6) is 0. The molecule has 5 heteroatoms. The van der Waals surface area contributed by atoms with Crippen LogP contribution in [0.1, 0.15) is 0 Å². The van der Waals surface area contributed by atoms with E-state index in [0.29, 0.717) is 0 Å². The first-order valence-electron chi connectivity index (χ1n) is 4.89. The fourth-order valence-corrected chi connectivity index (χ4v) is 1.09. The predicted octanol–water partition coefficient (Wildman–Crippen LogP) is 2.70. The molecule has 0 amide bonds. The van der Waals surface area contributed by atoms with Gasteiger partial charge in [0.25, 0.3) is 0 Å². The van der Waals surface area contributed by atoms with E-state index < -0.39 is 0 Å². The molecule has 3 aromatic rings. The summed E-state index contributed by atoms with van der Waals surface area (Å²) in [5, 5.41) is 1.93. The summed E-state index contributed by atoms with van der Waals surface area (Å²) in [6.45, 7) is 0. The smallest absolute Gasteiger partial charge is 0.0451 e. The third kappa shape index (κ3) is 8.83. The minimum absolute atomic E-state index is 1.46. The summed E-state index contributed by atoms with van der Waals surface area (Å²) in [7, 11) is 0. The minimum Gasteiger partial charge on any atom is -0.265 e. The van der Waals surface area contributed by atoms with Crippen LogP contribution in [-0.4, -0.2) is 19.3 Å². The Morgan fingerprint density at radius 2 is 1.12 bits per heavy atom. The van der Waals surface area contributed by atoms with Crippen LogP contribution in [0.3, 0.4) is 0 Å². The van der Waals surface area contributed by atoms with Gasteiger partial charge in [0, 0.05) is 48.8 Å². The average molecular weight is 244 g/mol. The van der Waals surface area contributed by atoms with Gasteiger partial charge in [0.1, 0.15) is 0 Å². The SMILES string of the molecule is c1ccncc1.c1cnccn1.c1cnsc1. The number of pyridine rings is 1. The lowest BCUT2D eigenvalue weighted by molar-refractivity contribution is 1.20. The Bertz CT molecular complexity index is 328. The Kier molecular flexibility index (Phi) is 7.89. The average Bonchev–Trinajstić information content (AvgIpc) is 3.03. The van der Waals surface area contributed by atoms with E-state index in [0.717, 1.165) is 0 Å². The van der Waals surface area contributed by atoms with Crippen LogP contribution in [0.4, 0.5) is 0 Å². The first-order chi connectivity index (χ1) is 8.50. The van der Waals surface area contributed by atoms with E-state index in [1.165, 1.54) is 11.5 Å². The zero-order chi connectivity index (χ0) is 12.0. The van der Waals surface area contributed by atoms with Crippen molar-refractivity contribution in [1.29, 1.82) is 0 Å². The third-order valence-corrected chi connectivity index (χ3v) is 1.91. The zero-order valence-corrected chi connectivity index (χ0v) is 9.94. The fourth-order valence-electron chi connectivity index (χ4n) is 0.742. The van der Waals surface area contributed by atoms with Crippen molar-refractivity contribution < 1.29 is 0 Å². The monoisotopic (exact) mass is 244 g/mol. The van der Waals surface area contributed by atoms with Crippen molar-refractivity contribution in [3.63, 3.8) is 0 Å². The second kappa shape index (κ2) is 10.4. The molecule has 4 nitrogen and oxygen atoms in total. The maximum atomic E-state index is 3.78. The molecule has 86 valence electrons. The molecule has 0 aliphatic rings. The minimum atomic E-state index is 1.46. The number of hydrogen-bond donors (Lipinski definition) is 0. The highest BCUT2D eigenvalue weighted by Crippen LogP contribution is 1.83. The highest BCUT2D eigenvalue weighted by atomic mass is 32.1. The Balaban J connectivity index is 0.000000128. The standard InChI is InChI=1S/C5H5N.C4H4N2.C3H3NS/c1-2-4-6-5-3-1;1-2-6-4-3-5-1;1-2-4-5-3-1/h1-5H;1-4H;1-3H. The van der Waals surface area contributed by atoms with Gasteiger partial charge < -0.3 is 0 Å². The Hall–Kier alpha value is -2.14. The Morgan fingerprint density at radius 3 is 1.29 bits per heavy atom. The van der Waals surface area contributed by atoms with Crippen LogP contribution in [0.5, 0.6) is 0 Å². The fraction of sp³-hybridized carbons (Fsp3) is 0. The largest absolute Gasteiger partial charge is 0.265 e. The quantitative estimate of drug-likeness (QED) is 0.610. The summed E-state index contributed by atoms with van der Waals surface area (Å²) in [6.07, 6.45) is 11.8. The van der Waals surface area contributed by atoms with E-state index in [4.69, 9.17) is 0 Å². The van der Waals surface area contributed by atoms with Gasteiger partial charge in [0.05, 0.1) is 0 Å². The van der Waals surface area contributed by atoms with Crippen LogP contribution in [0, 0.1) is 0 Å². The molecular formula is C12H12N4S. The number of aromatic nitrogens is 4. The van der Waals surface area contributed by atoms with E-state index in [-0.39, 0.29) is 0 Å². The second-order valence-corrected chi connectivity index (χ2v) is 3.30. The highest BCUT2D eigenvalue weighted by molar-refractivity contribution is 7.03. The van der Waals surface area contributed by atoms with Crippen LogP contribution in [0.25, 0.3) is 0 Å². The van der Waals surface area contributed by atoms with Crippen molar-refractivity contribution >= 4 is 11.5 Å². The molecule has 3 aromatic heterocycles. The van der Waals surface area contributed by atoms with Gasteiger partial charge in [0.2, 0.25) is 0 Å². The molecule has 0 N–H and O–H groups in total. The molecule has 3 rings (SSSR count). The van der Waals surface area contributed by atoms with Crippen molar-refractivity contribution in [2.75, 3.05) is 0 Å². The van der Waals surface area contributed by atoms with Crippen molar-refractivity contribution in [3.8, 4) is 0 Å². The normalized spacial score (nSPS) is 8.00. The van der Waals surface area contributed by atoms with Crippen LogP contribution < -0.4 is 0 Å². The van der Waals surface area contributed by atoms with E-state index in [9.17, 15) is 0 Å². The van der Waals surface area contributed by atoms with Gasteiger partial charge in [0.15, 0.2) is 0 Å². The lowest BCUT2D eigenvalue weighted by atomic mass is 10.5. The van der Waals surface area contributed by atoms with Crippen molar-refractivity contribution in [2.45, 2.75) is 0 Å². The predicted molar refractivity (Wildman–Crippen MR) is 68.4 cm³/mol. The summed E-state index contributed by atoms with van der Waals surface area (Å²) in [4.78, 5) is 11.2. The summed E-state index contributed by atoms with van der Waals surface area (Å²) >= 11 is 1.46. The molecule has 0 saturated carbocycles. The topological polar surface area (TPSA) is 51.6 Å². The maximum Gasteiger partial charge on any atom is 0.0451 e. The van der Waals surface area contributed by atoms with Crippen LogP contribution in [0.15, 0.2) is 73.0 Å². The zero-order valence-electron chi connectivity index (χ0n) is 9.13. The molecule has 0 aromatic carbocycles. The third-order valence-electron chi connectivity index (χ3n) is 1.39. The van der Waals surface area contributed by atoms with Crippen molar-refractivity contribution in [3.05, 3.63) is 73.0 Å². The van der Waals surface area contributed by atoms with E-state index in [2.05, 4.69) is 19.3 Å². The van der Waals surface area contributed by atoms with Crippen LogP contribution in [0.2, 0.25) is 0 Å². The van der Waals surface area contributed by atoms with Gasteiger partial charge in [-0.1, -0.05) is 6.07 Å². The van der Waals surface area contributed by atoms with Crippen molar-refractivity contribution in [2.24, 2.45) is 0 Å². The van der Waals surface area contributed by atoms with Gasteiger partial charge >= 0.3 is 0 Å². The molecule has 0 spiro atoms. The second-order valence-electron chi connectivity index (χ2n) is 2.61. The van der Waals surface area contributed by atoms with Gasteiger partial charge in [-0.05, 0) is 29.7 Å². The molecule has 3 heterocycles. The van der Waals surface area contributed by atoms with E-state index >= 15 is 0 Å². The van der Waals surface area contributed by atoms with Crippen LogP contribution in [-0.2, 0) is 0 Å². The molecule has 0 radical (unpaired) electrons. The summed E-state index contributed by atoms with van der Waals surface area (Å²) in [5.41, 5.74) is 0. The van der Waals surface area contributed by atoms with Gasteiger partial charge in [-0.15, -0.1) is 0 Å².